The van der Waals surface area contributed by atoms with E-state index in [1.54, 1.807) is 0 Å². The van der Waals surface area contributed by atoms with Crippen LogP contribution in [0.15, 0.2) is 0 Å². The third-order valence-electron chi connectivity index (χ3n) is 2.13. The van der Waals surface area contributed by atoms with Gasteiger partial charge in [-0.1, -0.05) is 5.92 Å². The number of carbonyl (C=O) groups is 2. The number of rotatable bonds is 6. The molecule has 0 heterocycles. The Balaban J connectivity index is -0.000000180. The van der Waals surface area contributed by atoms with Gasteiger partial charge in [0.25, 0.3) is 0 Å². The lowest BCUT2D eigenvalue weighted by molar-refractivity contribution is -0.165. The molecule has 0 aromatic heterocycles. The van der Waals surface area contributed by atoms with Gasteiger partial charge in [-0.05, 0) is 23.7 Å². The Morgan fingerprint density at radius 1 is 1.00 bits per heavy atom. The second kappa shape index (κ2) is 8.71. The van der Waals surface area contributed by atoms with Crippen LogP contribution in [0.3, 0.4) is 0 Å². The summed E-state index contributed by atoms with van der Waals surface area (Å²) >= 11 is 0. The van der Waals surface area contributed by atoms with Crippen LogP contribution in [0, 0.1) is 36.0 Å². The summed E-state index contributed by atoms with van der Waals surface area (Å²) in [5.74, 6) is 8.03. The fourth-order valence-corrected chi connectivity index (χ4v) is 1.06. The summed E-state index contributed by atoms with van der Waals surface area (Å²) in [6, 6.07) is 0. The van der Waals surface area contributed by atoms with E-state index >= 15 is 0 Å². The molecule has 0 radical (unpaired) electrons. The Morgan fingerprint density at radius 2 is 1.55 bits per heavy atom. The first kappa shape index (κ1) is 17.7. The number of aliphatic hydroxyl groups excluding tert-OH is 4. The van der Waals surface area contributed by atoms with Crippen molar-refractivity contribution in [3.8, 4) is 36.0 Å². The highest BCUT2D eigenvalue weighted by Gasteiger charge is 2.36. The summed E-state index contributed by atoms with van der Waals surface area (Å²) in [4.78, 5) is 21.7. The van der Waals surface area contributed by atoms with Crippen molar-refractivity contribution < 1.29 is 42.3 Å². The Morgan fingerprint density at radius 3 is 2.05 bits per heavy atom. The van der Waals surface area contributed by atoms with E-state index in [1.807, 2.05) is 5.92 Å². The van der Waals surface area contributed by atoms with Crippen LogP contribution in [-0.4, -0.2) is 61.7 Å². The molecule has 0 aliphatic carbocycles. The van der Waals surface area contributed by atoms with Gasteiger partial charge in [0.15, 0.2) is 11.9 Å². The fourth-order valence-electron chi connectivity index (χ4n) is 1.06. The number of hydrogen-bond acceptors (Lipinski definition) is 6. The molecule has 0 amide bonds. The number of carbonyl (C=O) groups excluding carboxylic acids is 1. The highest BCUT2D eigenvalue weighted by atomic mass is 16.4. The molecule has 0 spiro atoms. The topological polar surface area (TPSA) is 135 Å². The van der Waals surface area contributed by atoms with Gasteiger partial charge in [-0.2, -0.15) is 0 Å². The molecule has 5 N–H and O–H groups in total. The summed E-state index contributed by atoms with van der Waals surface area (Å²) in [7, 11) is 0. The quantitative estimate of drug-likeness (QED) is 0.370. The van der Waals surface area contributed by atoms with Crippen molar-refractivity contribution >= 4 is 11.8 Å². The molecule has 0 saturated heterocycles. The average molecular weight is 290 g/mol. The van der Waals surface area contributed by atoms with Gasteiger partial charge in [-0.15, -0.1) is 6.42 Å². The Bertz CT molecular complexity index is 541. The molecule has 116 valence electrons. The monoisotopic (exact) mass is 290 g/mol. The normalized spacial score (nSPS) is 15.2. The maximum absolute atomic E-state index is 11.4. The smallest absolute Gasteiger partial charge is 0.335 e. The molecule has 0 aromatic carbocycles. The summed E-state index contributed by atoms with van der Waals surface area (Å²) in [6.45, 7) is 0. The first-order valence-corrected chi connectivity index (χ1v) is 5.24. The average Bonchev–Trinajstić information content (AvgIpc) is 2.43. The maximum Gasteiger partial charge on any atom is 0.335 e. The molecular weight excluding hydrogens is 268 g/mol. The Kier molecular flexibility index (Phi) is 7.69. The second-order valence-corrected chi connectivity index (χ2v) is 3.55. The van der Waals surface area contributed by atoms with Crippen molar-refractivity contribution in [3.05, 3.63) is 0 Å². The van der Waals surface area contributed by atoms with Crippen LogP contribution >= 0.6 is 0 Å². The molecule has 0 aromatic rings. The highest BCUT2D eigenvalue weighted by Crippen LogP contribution is 2.07. The molecule has 0 aliphatic rings. The first-order valence-electron chi connectivity index (χ1n) is 5.24. The van der Waals surface area contributed by atoms with Gasteiger partial charge in [-0.25, -0.2) is 4.79 Å². The van der Waals surface area contributed by atoms with Gasteiger partial charge in [-0.3, -0.25) is 4.79 Å². The lowest BCUT2D eigenvalue weighted by Gasteiger charge is -2.23. The molecule has 0 unspecified atom stereocenters. The lowest BCUT2D eigenvalue weighted by atomic mass is 9.99. The minimum Gasteiger partial charge on any atom is -0.479 e. The van der Waals surface area contributed by atoms with Crippen molar-refractivity contribution in [1.82, 2.24) is 0 Å². The zero-order chi connectivity index (χ0) is 15.7. The Hall–Kier alpha value is -2.34. The van der Waals surface area contributed by atoms with Gasteiger partial charge in [0.2, 0.25) is 0 Å². The molecular formula is C13H22O7. The number of terminal acetylenes is 1. The molecule has 0 aliphatic heterocycles. The summed E-state index contributed by atoms with van der Waals surface area (Å²) in [6.07, 6.45) is -4.48. The van der Waals surface area contributed by atoms with Gasteiger partial charge in [0.1, 0.15) is 18.3 Å². The second-order valence-electron chi connectivity index (χ2n) is 3.55. The summed E-state index contributed by atoms with van der Waals surface area (Å²) in [5.41, 5.74) is 0. The number of carboxylic acids is 1. The SMILES string of the molecule is C#CC#CC#CCC(=O)[C@@H](O)[C@H](O)[C@@H](O)[C@@H](O)C(=O)O.[HH].[HH].[HH].[HH].[HH]. The molecule has 0 rings (SSSR count). The predicted molar refractivity (Wildman–Crippen MR) is 76.2 cm³/mol. The van der Waals surface area contributed by atoms with Crippen LogP contribution in [-0.2, 0) is 9.59 Å². The van der Waals surface area contributed by atoms with Crippen molar-refractivity contribution in [2.45, 2.75) is 30.8 Å². The number of ketones is 1. The minimum atomic E-state index is -2.33. The van der Waals surface area contributed by atoms with Crippen LogP contribution in [0.5, 0.6) is 0 Å². The van der Waals surface area contributed by atoms with Crippen LogP contribution in [0.4, 0.5) is 0 Å². The van der Waals surface area contributed by atoms with Crippen LogP contribution < -0.4 is 0 Å². The van der Waals surface area contributed by atoms with E-state index in [0.29, 0.717) is 0 Å². The third kappa shape index (κ3) is 5.53. The van der Waals surface area contributed by atoms with E-state index in [4.69, 9.17) is 16.6 Å². The van der Waals surface area contributed by atoms with Crippen molar-refractivity contribution in [1.29, 1.82) is 0 Å². The Labute approximate surface area is 122 Å². The standard InChI is InChI=1S/C13H12O7.5H2/c1-2-3-4-5-6-7-8(14)9(15)10(16)11(17)12(18)13(19)20;;;;;/h1,9-12,15-18H,7H2,(H,19,20);5*1H/t9-,10+,11-,12-;;;;;/m1...../s1. The lowest BCUT2D eigenvalue weighted by Crippen LogP contribution is -2.49. The minimum absolute atomic E-state index is 0. The van der Waals surface area contributed by atoms with E-state index in [2.05, 4.69) is 23.7 Å². The van der Waals surface area contributed by atoms with Crippen LogP contribution in [0.2, 0.25) is 0 Å². The van der Waals surface area contributed by atoms with Gasteiger partial charge >= 0.3 is 5.97 Å². The molecule has 7 nitrogen and oxygen atoms in total. The zero-order valence-electron chi connectivity index (χ0n) is 10.1. The zero-order valence-corrected chi connectivity index (χ0v) is 10.1. The molecule has 7 heteroatoms. The largest absolute Gasteiger partial charge is 0.479 e. The summed E-state index contributed by atoms with van der Waals surface area (Å²) in [5, 5.41) is 45.4. The van der Waals surface area contributed by atoms with Crippen molar-refractivity contribution in [3.63, 3.8) is 0 Å². The molecule has 20 heavy (non-hydrogen) atoms. The third-order valence-corrected chi connectivity index (χ3v) is 2.13. The number of aliphatic hydroxyl groups is 4. The van der Waals surface area contributed by atoms with Crippen molar-refractivity contribution in [2.75, 3.05) is 0 Å². The molecule has 0 saturated carbocycles. The van der Waals surface area contributed by atoms with E-state index in [0.717, 1.165) is 0 Å². The van der Waals surface area contributed by atoms with Crippen LogP contribution in [0.25, 0.3) is 0 Å². The van der Waals surface area contributed by atoms with E-state index in [1.165, 1.54) is 0 Å². The van der Waals surface area contributed by atoms with Gasteiger partial charge < -0.3 is 25.5 Å². The number of aliphatic carboxylic acids is 1. The number of hydrogen-bond donors (Lipinski definition) is 5. The molecule has 0 fully saturated rings. The molecule has 0 bridgehead atoms. The summed E-state index contributed by atoms with van der Waals surface area (Å²) < 4.78 is 0. The van der Waals surface area contributed by atoms with Crippen molar-refractivity contribution in [2.24, 2.45) is 0 Å². The van der Waals surface area contributed by atoms with Gasteiger partial charge in [0.05, 0.1) is 6.42 Å². The van der Waals surface area contributed by atoms with Crippen LogP contribution in [0.1, 0.15) is 13.6 Å². The van der Waals surface area contributed by atoms with E-state index in [9.17, 15) is 24.9 Å². The molecule has 4 atom stereocenters. The maximum atomic E-state index is 11.4. The fraction of sp³-hybridized carbons (Fsp3) is 0.385. The number of carboxylic acid groups (broad SMARTS) is 1. The predicted octanol–water partition coefficient (Wildman–Crippen LogP) is -1.66. The number of Topliss-reactive ketones (excluding diaryl/α,β-unsaturated/α-hetero) is 1. The van der Waals surface area contributed by atoms with Gasteiger partial charge in [0, 0.05) is 7.13 Å². The van der Waals surface area contributed by atoms with E-state index in [-0.39, 0.29) is 7.13 Å². The van der Waals surface area contributed by atoms with E-state index < -0.39 is 42.6 Å². The highest BCUT2D eigenvalue weighted by molar-refractivity contribution is 5.86. The first-order chi connectivity index (χ1) is 9.32.